The Labute approximate surface area is 97.2 Å². The molecule has 88 valence electrons. The molecule has 1 atom stereocenters. The molecule has 0 bridgehead atoms. The number of oxime groups is 1. The van der Waals surface area contributed by atoms with Gasteiger partial charge in [-0.2, -0.15) is 0 Å². The van der Waals surface area contributed by atoms with Crippen LogP contribution < -0.4 is 11.1 Å². The SMILES string of the molecule is Cc1ncsc1C(=O)NC(C)CC(N)=NO. The van der Waals surface area contributed by atoms with Crippen LogP contribution in [0.4, 0.5) is 0 Å². The first-order valence-corrected chi connectivity index (χ1v) is 5.60. The zero-order valence-electron chi connectivity index (χ0n) is 9.10. The van der Waals surface area contributed by atoms with E-state index in [1.54, 1.807) is 19.4 Å². The quantitative estimate of drug-likeness (QED) is 0.313. The zero-order valence-corrected chi connectivity index (χ0v) is 9.91. The number of thiazole rings is 1. The van der Waals surface area contributed by atoms with Crippen molar-refractivity contribution in [3.05, 3.63) is 16.1 Å². The summed E-state index contributed by atoms with van der Waals surface area (Å²) in [6.45, 7) is 3.56. The van der Waals surface area contributed by atoms with Gasteiger partial charge in [-0.1, -0.05) is 5.16 Å². The van der Waals surface area contributed by atoms with E-state index in [1.165, 1.54) is 11.3 Å². The molecule has 1 heterocycles. The molecule has 0 saturated carbocycles. The fourth-order valence-corrected chi connectivity index (χ4v) is 1.92. The fraction of sp³-hybridized carbons (Fsp3) is 0.444. The van der Waals surface area contributed by atoms with Crippen LogP contribution >= 0.6 is 11.3 Å². The first-order chi connectivity index (χ1) is 7.54. The number of nitrogens with one attached hydrogen (secondary N) is 1. The number of aromatic nitrogens is 1. The van der Waals surface area contributed by atoms with Crippen molar-refractivity contribution in [2.45, 2.75) is 26.3 Å². The molecular formula is C9H14N4O2S. The van der Waals surface area contributed by atoms with E-state index in [9.17, 15) is 4.79 Å². The van der Waals surface area contributed by atoms with Gasteiger partial charge in [0.05, 0.1) is 11.2 Å². The number of hydrogen-bond donors (Lipinski definition) is 3. The van der Waals surface area contributed by atoms with Gasteiger partial charge < -0.3 is 16.3 Å². The fourth-order valence-electron chi connectivity index (χ4n) is 1.21. The summed E-state index contributed by atoms with van der Waals surface area (Å²) in [6.07, 6.45) is 0.306. The maximum absolute atomic E-state index is 11.7. The van der Waals surface area contributed by atoms with Gasteiger partial charge in [0.15, 0.2) is 0 Å². The largest absolute Gasteiger partial charge is 0.409 e. The van der Waals surface area contributed by atoms with E-state index in [0.717, 1.165) is 0 Å². The number of nitrogens with two attached hydrogens (primary N) is 1. The standard InChI is InChI=1S/C9H14N4O2S/c1-5(3-7(10)13-15)12-9(14)8-6(2)11-4-16-8/h4-5,15H,3H2,1-2H3,(H2,10,13)(H,12,14). The van der Waals surface area contributed by atoms with Crippen molar-refractivity contribution >= 4 is 23.1 Å². The molecule has 0 saturated heterocycles. The molecular weight excluding hydrogens is 228 g/mol. The predicted molar refractivity (Wildman–Crippen MR) is 61.8 cm³/mol. The number of carbonyl (C=O) groups excluding carboxylic acids is 1. The molecule has 16 heavy (non-hydrogen) atoms. The van der Waals surface area contributed by atoms with E-state index in [0.29, 0.717) is 17.0 Å². The van der Waals surface area contributed by atoms with Crippen LogP contribution in [0.3, 0.4) is 0 Å². The van der Waals surface area contributed by atoms with E-state index >= 15 is 0 Å². The third-order valence-corrected chi connectivity index (χ3v) is 2.90. The number of amidine groups is 1. The second-order valence-electron chi connectivity index (χ2n) is 3.44. The molecule has 1 aromatic heterocycles. The van der Waals surface area contributed by atoms with Gasteiger partial charge in [-0.25, -0.2) is 4.98 Å². The molecule has 6 nitrogen and oxygen atoms in total. The lowest BCUT2D eigenvalue weighted by atomic mass is 10.2. The van der Waals surface area contributed by atoms with Gasteiger partial charge in [-0.15, -0.1) is 11.3 Å². The summed E-state index contributed by atoms with van der Waals surface area (Å²) in [4.78, 5) is 16.3. The molecule has 0 fully saturated rings. The minimum Gasteiger partial charge on any atom is -0.409 e. The molecule has 1 amide bonds. The summed E-state index contributed by atoms with van der Waals surface area (Å²) >= 11 is 1.29. The van der Waals surface area contributed by atoms with Crippen LogP contribution in [0.25, 0.3) is 0 Å². The van der Waals surface area contributed by atoms with Crippen LogP contribution in [-0.4, -0.2) is 28.0 Å². The topological polar surface area (TPSA) is 101 Å². The lowest BCUT2D eigenvalue weighted by Gasteiger charge is -2.12. The van der Waals surface area contributed by atoms with Crippen molar-refractivity contribution in [2.24, 2.45) is 10.9 Å². The number of carbonyl (C=O) groups is 1. The predicted octanol–water partition coefficient (Wildman–Crippen LogP) is 0.706. The van der Waals surface area contributed by atoms with E-state index in [-0.39, 0.29) is 17.8 Å². The number of amides is 1. The Kier molecular flexibility index (Phi) is 4.24. The Hall–Kier alpha value is -1.63. The van der Waals surface area contributed by atoms with Crippen molar-refractivity contribution in [1.29, 1.82) is 0 Å². The Morgan fingerprint density at radius 2 is 2.50 bits per heavy atom. The van der Waals surface area contributed by atoms with Gasteiger partial charge in [0.25, 0.3) is 5.91 Å². The van der Waals surface area contributed by atoms with E-state index in [4.69, 9.17) is 10.9 Å². The number of rotatable bonds is 4. The second kappa shape index (κ2) is 5.45. The number of hydrogen-bond acceptors (Lipinski definition) is 5. The van der Waals surface area contributed by atoms with Crippen molar-refractivity contribution in [1.82, 2.24) is 10.3 Å². The van der Waals surface area contributed by atoms with E-state index in [2.05, 4.69) is 15.5 Å². The van der Waals surface area contributed by atoms with Gasteiger partial charge in [-0.05, 0) is 13.8 Å². The number of aryl methyl sites for hydroxylation is 1. The highest BCUT2D eigenvalue weighted by molar-refractivity contribution is 7.11. The maximum atomic E-state index is 11.7. The van der Waals surface area contributed by atoms with Gasteiger partial charge >= 0.3 is 0 Å². The van der Waals surface area contributed by atoms with Crippen LogP contribution in [0.5, 0.6) is 0 Å². The molecule has 4 N–H and O–H groups in total. The Balaban J connectivity index is 2.55. The van der Waals surface area contributed by atoms with Gasteiger partial charge in [0.2, 0.25) is 0 Å². The first-order valence-electron chi connectivity index (χ1n) is 4.72. The summed E-state index contributed by atoms with van der Waals surface area (Å²) in [5.74, 6) is -0.0907. The summed E-state index contributed by atoms with van der Waals surface area (Å²) in [6, 6.07) is -0.190. The third kappa shape index (κ3) is 3.20. The van der Waals surface area contributed by atoms with E-state index < -0.39 is 0 Å². The van der Waals surface area contributed by atoms with Crippen molar-refractivity contribution < 1.29 is 10.0 Å². The molecule has 1 rings (SSSR count). The van der Waals surface area contributed by atoms with E-state index in [1.807, 2.05) is 0 Å². The molecule has 0 radical (unpaired) electrons. The summed E-state index contributed by atoms with van der Waals surface area (Å²) < 4.78 is 0. The minimum atomic E-state index is -0.190. The molecule has 1 aromatic rings. The highest BCUT2D eigenvalue weighted by Crippen LogP contribution is 2.11. The van der Waals surface area contributed by atoms with Crippen molar-refractivity contribution in [3.63, 3.8) is 0 Å². The highest BCUT2D eigenvalue weighted by Gasteiger charge is 2.14. The molecule has 7 heteroatoms. The Bertz CT molecular complexity index is 402. The van der Waals surface area contributed by atoms with Crippen LogP contribution in [0.1, 0.15) is 28.7 Å². The van der Waals surface area contributed by atoms with Crippen LogP contribution in [0, 0.1) is 6.92 Å². The summed E-state index contributed by atoms with van der Waals surface area (Å²) in [7, 11) is 0. The van der Waals surface area contributed by atoms with Gasteiger partial charge in [0.1, 0.15) is 10.7 Å². The molecule has 0 spiro atoms. The molecule has 0 aliphatic heterocycles. The summed E-state index contributed by atoms with van der Waals surface area (Å²) in [5, 5.41) is 14.0. The second-order valence-corrected chi connectivity index (χ2v) is 4.29. The Morgan fingerprint density at radius 3 is 3.00 bits per heavy atom. The third-order valence-electron chi connectivity index (χ3n) is 1.97. The lowest BCUT2D eigenvalue weighted by molar-refractivity contribution is 0.0944. The van der Waals surface area contributed by atoms with Crippen LogP contribution in [0.15, 0.2) is 10.7 Å². The number of nitrogens with zero attached hydrogens (tertiary/aromatic N) is 2. The normalized spacial score (nSPS) is 13.5. The average molecular weight is 242 g/mol. The molecule has 0 aromatic carbocycles. The van der Waals surface area contributed by atoms with Crippen molar-refractivity contribution in [3.8, 4) is 0 Å². The highest BCUT2D eigenvalue weighted by atomic mass is 32.1. The van der Waals surface area contributed by atoms with Crippen LogP contribution in [-0.2, 0) is 0 Å². The first kappa shape index (κ1) is 12.4. The Morgan fingerprint density at radius 1 is 1.81 bits per heavy atom. The average Bonchev–Trinajstić information content (AvgIpc) is 2.63. The molecule has 0 aliphatic rings. The lowest BCUT2D eigenvalue weighted by Crippen LogP contribution is -2.35. The monoisotopic (exact) mass is 242 g/mol. The summed E-state index contributed by atoms with van der Waals surface area (Å²) in [5.41, 5.74) is 7.67. The van der Waals surface area contributed by atoms with Gasteiger partial charge in [-0.3, -0.25) is 4.79 Å². The minimum absolute atomic E-state index is 0.0915. The molecule has 0 aliphatic carbocycles. The van der Waals surface area contributed by atoms with Gasteiger partial charge in [0, 0.05) is 12.5 Å². The molecule has 1 unspecified atom stereocenters. The smallest absolute Gasteiger partial charge is 0.263 e. The van der Waals surface area contributed by atoms with Crippen molar-refractivity contribution in [2.75, 3.05) is 0 Å². The maximum Gasteiger partial charge on any atom is 0.263 e. The zero-order chi connectivity index (χ0) is 12.1. The van der Waals surface area contributed by atoms with Crippen LogP contribution in [0.2, 0.25) is 0 Å².